The van der Waals surface area contributed by atoms with Gasteiger partial charge in [-0.25, -0.2) is 4.39 Å². The summed E-state index contributed by atoms with van der Waals surface area (Å²) in [6, 6.07) is 23.3. The fraction of sp³-hybridized carbons (Fsp3) is 0.0741. The van der Waals surface area contributed by atoms with E-state index in [-0.39, 0.29) is 17.6 Å². The highest BCUT2D eigenvalue weighted by Crippen LogP contribution is 2.35. The number of carbonyl (C=O) groups excluding carboxylic acids is 2. The smallest absolute Gasteiger partial charge is 0.293 e. The van der Waals surface area contributed by atoms with Crippen LogP contribution in [0.5, 0.6) is 0 Å². The Morgan fingerprint density at radius 1 is 0.912 bits per heavy atom. The summed E-state index contributed by atoms with van der Waals surface area (Å²) in [7, 11) is 0. The second kappa shape index (κ2) is 9.00. The van der Waals surface area contributed by atoms with E-state index in [1.807, 2.05) is 35.0 Å². The maximum atomic E-state index is 14.2. The predicted molar refractivity (Wildman–Crippen MR) is 130 cm³/mol. The largest absolute Gasteiger partial charge is 0.342 e. The number of hydrogen-bond donors (Lipinski definition) is 0. The van der Waals surface area contributed by atoms with E-state index in [0.717, 1.165) is 33.1 Å². The number of amides is 2. The first-order chi connectivity index (χ1) is 16.5. The molecule has 3 aromatic carbocycles. The van der Waals surface area contributed by atoms with E-state index < -0.39 is 5.91 Å². The third-order valence-electron chi connectivity index (χ3n) is 5.74. The van der Waals surface area contributed by atoms with Crippen LogP contribution >= 0.6 is 11.8 Å². The zero-order valence-electron chi connectivity index (χ0n) is 17.9. The van der Waals surface area contributed by atoms with E-state index in [1.54, 1.807) is 48.5 Å². The van der Waals surface area contributed by atoms with Gasteiger partial charge in [0.1, 0.15) is 5.82 Å². The number of thioether (sulfide) groups is 1. The van der Waals surface area contributed by atoms with E-state index in [9.17, 15) is 19.2 Å². The van der Waals surface area contributed by atoms with Crippen molar-refractivity contribution in [2.45, 2.75) is 13.1 Å². The Hall–Kier alpha value is -4.15. The minimum absolute atomic E-state index is 0.0424. The number of nitrogens with zero attached hydrogens (tertiary/aromatic N) is 3. The van der Waals surface area contributed by atoms with Gasteiger partial charge in [-0.15, -0.1) is 0 Å². The Bertz CT molecular complexity index is 1520. The molecule has 2 amide bonds. The highest BCUT2D eigenvalue weighted by molar-refractivity contribution is 8.18. The lowest BCUT2D eigenvalue weighted by atomic mass is 10.1. The van der Waals surface area contributed by atoms with E-state index in [1.165, 1.54) is 6.07 Å². The molecule has 0 saturated carbocycles. The van der Waals surface area contributed by atoms with E-state index in [0.29, 0.717) is 28.1 Å². The summed E-state index contributed by atoms with van der Waals surface area (Å²) in [5, 5.41) is 9.84. The standard InChI is InChI=1S/C27H18FN3O2S/c28-23-11-5-3-9-20(23)15-30-16-21(22-10-4-6-12-24(22)30)13-25-26(32)31(27(33)34-25)17-19-8-2-1-7-18(19)14-29/h1-13,16H,15,17H2/b25-13+. The molecule has 4 aromatic rings. The van der Waals surface area contributed by atoms with E-state index in [4.69, 9.17) is 0 Å². The SMILES string of the molecule is N#Cc1ccccc1CN1C(=O)S/C(=C/c2cn(Cc3ccccc3F)c3ccccc23)C1=O. The molecule has 0 radical (unpaired) electrons. The molecular weight excluding hydrogens is 449 g/mol. The first-order valence-electron chi connectivity index (χ1n) is 10.6. The van der Waals surface area contributed by atoms with Crippen molar-refractivity contribution in [1.82, 2.24) is 9.47 Å². The minimum atomic E-state index is -0.395. The summed E-state index contributed by atoms with van der Waals surface area (Å²) < 4.78 is 16.2. The van der Waals surface area contributed by atoms with Crippen LogP contribution < -0.4 is 0 Å². The molecule has 7 heteroatoms. The fourth-order valence-electron chi connectivity index (χ4n) is 4.05. The summed E-state index contributed by atoms with van der Waals surface area (Å²) in [5.41, 5.74) is 3.29. The van der Waals surface area contributed by atoms with Crippen molar-refractivity contribution in [3.63, 3.8) is 0 Å². The molecule has 34 heavy (non-hydrogen) atoms. The average molecular weight is 468 g/mol. The molecule has 1 saturated heterocycles. The zero-order chi connectivity index (χ0) is 23.7. The van der Waals surface area contributed by atoms with Crippen LogP contribution in [-0.2, 0) is 17.9 Å². The molecule has 1 fully saturated rings. The van der Waals surface area contributed by atoms with E-state index in [2.05, 4.69) is 6.07 Å². The number of imide groups is 1. The Morgan fingerprint density at radius 3 is 2.41 bits per heavy atom. The van der Waals surface area contributed by atoms with Gasteiger partial charge in [0, 0.05) is 28.2 Å². The normalized spacial score (nSPS) is 14.8. The van der Waals surface area contributed by atoms with Crippen LogP contribution in [-0.4, -0.2) is 20.6 Å². The van der Waals surface area contributed by atoms with Gasteiger partial charge in [-0.2, -0.15) is 5.26 Å². The van der Waals surface area contributed by atoms with Crippen molar-refractivity contribution in [3.8, 4) is 6.07 Å². The topological polar surface area (TPSA) is 66.1 Å². The monoisotopic (exact) mass is 467 g/mol. The highest BCUT2D eigenvalue weighted by Gasteiger charge is 2.35. The Morgan fingerprint density at radius 2 is 1.62 bits per heavy atom. The number of fused-ring (bicyclic) bond motifs is 1. The van der Waals surface area contributed by atoms with Gasteiger partial charge in [0.2, 0.25) is 0 Å². The van der Waals surface area contributed by atoms with Gasteiger partial charge in [-0.05, 0) is 41.6 Å². The van der Waals surface area contributed by atoms with Gasteiger partial charge in [-0.3, -0.25) is 14.5 Å². The molecule has 5 rings (SSSR count). The van der Waals surface area contributed by atoms with Gasteiger partial charge >= 0.3 is 0 Å². The molecule has 166 valence electrons. The number of aromatic nitrogens is 1. The molecule has 0 N–H and O–H groups in total. The summed E-state index contributed by atoms with van der Waals surface area (Å²) in [5.74, 6) is -0.672. The maximum Gasteiger partial charge on any atom is 0.293 e. The van der Waals surface area contributed by atoms with Crippen molar-refractivity contribution < 1.29 is 14.0 Å². The van der Waals surface area contributed by atoms with E-state index >= 15 is 0 Å². The van der Waals surface area contributed by atoms with Gasteiger partial charge in [0.25, 0.3) is 11.1 Å². The lowest BCUT2D eigenvalue weighted by Crippen LogP contribution is -2.27. The minimum Gasteiger partial charge on any atom is -0.342 e. The summed E-state index contributed by atoms with van der Waals surface area (Å²) >= 11 is 0.880. The molecule has 5 nitrogen and oxygen atoms in total. The van der Waals surface area contributed by atoms with Crippen LogP contribution in [0.1, 0.15) is 22.3 Å². The van der Waals surface area contributed by atoms with Crippen LogP contribution in [0.4, 0.5) is 9.18 Å². The van der Waals surface area contributed by atoms with Crippen molar-refractivity contribution in [2.24, 2.45) is 0 Å². The lowest BCUT2D eigenvalue weighted by molar-refractivity contribution is -0.123. The third kappa shape index (κ3) is 4.00. The Kier molecular flexibility index (Phi) is 5.74. The zero-order valence-corrected chi connectivity index (χ0v) is 18.8. The third-order valence-corrected chi connectivity index (χ3v) is 6.65. The van der Waals surface area contributed by atoms with Gasteiger partial charge in [0.05, 0.1) is 29.6 Å². The number of carbonyl (C=O) groups is 2. The molecule has 1 aliphatic heterocycles. The average Bonchev–Trinajstić information content (AvgIpc) is 3.33. The molecule has 0 spiro atoms. The Labute approximate surface area is 199 Å². The second-order valence-electron chi connectivity index (χ2n) is 7.86. The summed E-state index contributed by atoms with van der Waals surface area (Å²) in [6.07, 6.45) is 3.58. The molecular formula is C27H18FN3O2S. The maximum absolute atomic E-state index is 14.2. The highest BCUT2D eigenvalue weighted by atomic mass is 32.2. The van der Waals surface area contributed by atoms with Crippen LogP contribution in [0.3, 0.4) is 0 Å². The molecule has 1 aromatic heterocycles. The van der Waals surface area contributed by atoms with Crippen molar-refractivity contribution in [2.75, 3.05) is 0 Å². The van der Waals surface area contributed by atoms with Gasteiger partial charge in [-0.1, -0.05) is 54.6 Å². The first-order valence-corrected chi connectivity index (χ1v) is 11.4. The molecule has 2 heterocycles. The molecule has 1 aliphatic rings. The molecule has 0 aliphatic carbocycles. The summed E-state index contributed by atoms with van der Waals surface area (Å²) in [4.78, 5) is 27.2. The van der Waals surface area contributed by atoms with Crippen molar-refractivity contribution in [3.05, 3.63) is 112 Å². The van der Waals surface area contributed by atoms with Crippen LogP contribution in [0.25, 0.3) is 17.0 Å². The number of benzene rings is 3. The fourth-order valence-corrected chi connectivity index (χ4v) is 4.88. The van der Waals surface area contributed by atoms with Crippen LogP contribution in [0.15, 0.2) is 83.9 Å². The number of para-hydroxylation sites is 1. The molecule has 0 bridgehead atoms. The van der Waals surface area contributed by atoms with Crippen LogP contribution in [0, 0.1) is 17.1 Å². The second-order valence-corrected chi connectivity index (χ2v) is 8.85. The van der Waals surface area contributed by atoms with Gasteiger partial charge in [0.15, 0.2) is 0 Å². The van der Waals surface area contributed by atoms with Crippen molar-refractivity contribution >= 4 is 39.9 Å². The quantitative estimate of drug-likeness (QED) is 0.341. The lowest BCUT2D eigenvalue weighted by Gasteiger charge is -2.13. The molecule has 0 unspecified atom stereocenters. The number of rotatable bonds is 5. The summed E-state index contributed by atoms with van der Waals surface area (Å²) in [6.45, 7) is 0.383. The first kappa shape index (κ1) is 21.7. The van der Waals surface area contributed by atoms with Crippen molar-refractivity contribution in [1.29, 1.82) is 5.26 Å². The number of hydrogen-bond acceptors (Lipinski definition) is 4. The van der Waals surface area contributed by atoms with Crippen LogP contribution in [0.2, 0.25) is 0 Å². The molecule has 0 atom stereocenters. The number of halogens is 1. The Balaban J connectivity index is 1.48. The predicted octanol–water partition coefficient (Wildman–Crippen LogP) is 5.94. The number of nitriles is 1. The van der Waals surface area contributed by atoms with Gasteiger partial charge < -0.3 is 4.57 Å².